The summed E-state index contributed by atoms with van der Waals surface area (Å²) in [7, 11) is 5.53. The van der Waals surface area contributed by atoms with Crippen molar-refractivity contribution in [2.24, 2.45) is 0 Å². The fourth-order valence-corrected chi connectivity index (χ4v) is 3.99. The van der Waals surface area contributed by atoms with Gasteiger partial charge in [0, 0.05) is 51.5 Å². The van der Waals surface area contributed by atoms with Gasteiger partial charge in [-0.2, -0.15) is 0 Å². The lowest BCUT2D eigenvalue weighted by molar-refractivity contribution is -0.536. The van der Waals surface area contributed by atoms with Crippen LogP contribution in [0.25, 0.3) is 0 Å². The molecule has 1 aliphatic rings. The largest absolute Gasteiger partial charge is 0.851 e. The zero-order chi connectivity index (χ0) is 27.2. The molecule has 0 unspecified atom stereocenters. The van der Waals surface area contributed by atoms with Gasteiger partial charge in [0.05, 0.1) is 0 Å². The summed E-state index contributed by atoms with van der Waals surface area (Å²) in [5, 5.41) is 92.7. The molecule has 0 radical (unpaired) electrons. The number of nitrogens with zero attached hydrogens (tertiary/aromatic N) is 2. The summed E-state index contributed by atoms with van der Waals surface area (Å²) in [6, 6.07) is -0.0192. The van der Waals surface area contributed by atoms with Crippen LogP contribution in [0.5, 0.6) is 34.5 Å². The minimum atomic E-state index is -1.94. The van der Waals surface area contributed by atoms with Crippen LogP contribution in [0.2, 0.25) is 0 Å². The van der Waals surface area contributed by atoms with Crippen LogP contribution in [0.4, 0.5) is 21.0 Å². The standard InChI is InChI=1S/C22H26N4O10/c1-25(2)21(35)23-15-9(29)5-7(27)11(19(15)33)13-17(31)14(18(13)32)12-8(28)6-10(30)16(20(12)34)24-22(36)26(3)4/h5-6,13-14,17-18,27-30,33-34H,1-4H3,(H,23,35)(H,24,36)/q-2. The van der Waals surface area contributed by atoms with Crippen LogP contribution in [-0.2, 0) is 0 Å². The van der Waals surface area contributed by atoms with Crippen LogP contribution in [-0.4, -0.2) is 92.9 Å². The summed E-state index contributed by atoms with van der Waals surface area (Å²) in [5.74, 6) is -8.03. The molecule has 14 nitrogen and oxygen atoms in total. The molecule has 1 saturated carbocycles. The van der Waals surface area contributed by atoms with Gasteiger partial charge in [-0.3, -0.25) is 0 Å². The molecule has 0 aromatic heterocycles. The first-order chi connectivity index (χ1) is 16.7. The van der Waals surface area contributed by atoms with Crippen molar-refractivity contribution in [1.29, 1.82) is 0 Å². The Kier molecular flexibility index (Phi) is 6.86. The Morgan fingerprint density at radius 3 is 1.25 bits per heavy atom. The van der Waals surface area contributed by atoms with Gasteiger partial charge in [0.15, 0.2) is 0 Å². The zero-order valence-corrected chi connectivity index (χ0v) is 19.7. The molecule has 3 rings (SSSR count). The third kappa shape index (κ3) is 4.27. The third-order valence-electron chi connectivity index (χ3n) is 5.95. The number of nitrogens with one attached hydrogen (secondary N) is 2. The van der Waals surface area contributed by atoms with E-state index in [1.807, 2.05) is 0 Å². The smallest absolute Gasteiger partial charge is 0.321 e. The van der Waals surface area contributed by atoms with Gasteiger partial charge in [-0.15, -0.1) is 12.2 Å². The molecule has 0 heterocycles. The number of urea groups is 2. The lowest BCUT2D eigenvalue weighted by atomic mass is 9.62. The third-order valence-corrected chi connectivity index (χ3v) is 5.95. The Morgan fingerprint density at radius 2 is 0.972 bits per heavy atom. The predicted molar refractivity (Wildman–Crippen MR) is 121 cm³/mol. The van der Waals surface area contributed by atoms with Gasteiger partial charge in [-0.1, -0.05) is 0 Å². The summed E-state index contributed by atoms with van der Waals surface area (Å²) in [6.07, 6.45) is -3.88. The number of hydrogen-bond donors (Lipinski definition) is 8. The fourth-order valence-electron chi connectivity index (χ4n) is 3.99. The summed E-state index contributed by atoms with van der Waals surface area (Å²) in [5.41, 5.74) is -2.13. The molecule has 2 aromatic carbocycles. The number of amides is 4. The van der Waals surface area contributed by atoms with E-state index in [4.69, 9.17) is 0 Å². The average Bonchev–Trinajstić information content (AvgIpc) is 2.78. The Morgan fingerprint density at radius 1 is 0.667 bits per heavy atom. The van der Waals surface area contributed by atoms with Crippen LogP contribution in [0.15, 0.2) is 12.1 Å². The van der Waals surface area contributed by atoms with Crippen molar-refractivity contribution in [2.75, 3.05) is 38.8 Å². The highest BCUT2D eigenvalue weighted by Crippen LogP contribution is 2.57. The Balaban J connectivity index is 2.03. The van der Waals surface area contributed by atoms with Gasteiger partial charge >= 0.3 is 12.1 Å². The van der Waals surface area contributed by atoms with Crippen molar-refractivity contribution in [3.8, 4) is 34.5 Å². The number of anilines is 2. The van der Waals surface area contributed by atoms with Gasteiger partial charge < -0.3 is 61.3 Å². The number of carbonyl (C=O) groups excluding carboxylic acids is 2. The van der Waals surface area contributed by atoms with Gasteiger partial charge in [0.1, 0.15) is 45.9 Å². The second kappa shape index (κ2) is 9.39. The SMILES string of the molecule is CN(C)C(=O)Nc1c(O)cc(O)c(C2C([O-])C(c3c(O)cc(O)c(NC(=O)N(C)C)c3O)C2[O-])c1O. The van der Waals surface area contributed by atoms with E-state index in [2.05, 4.69) is 10.6 Å². The topological polar surface area (TPSA) is 232 Å². The molecule has 1 aliphatic carbocycles. The minimum absolute atomic E-state index is 0.531. The molecule has 0 spiro atoms. The predicted octanol–water partition coefficient (Wildman–Crippen LogP) is -0.554. The lowest BCUT2D eigenvalue weighted by Crippen LogP contribution is -2.63. The van der Waals surface area contributed by atoms with E-state index < -0.39 is 93.1 Å². The number of benzene rings is 2. The number of aromatic hydroxyl groups is 6. The first kappa shape index (κ1) is 26.3. The van der Waals surface area contributed by atoms with Crippen LogP contribution in [0.3, 0.4) is 0 Å². The zero-order valence-electron chi connectivity index (χ0n) is 19.7. The highest BCUT2D eigenvalue weighted by molar-refractivity contribution is 5.94. The Bertz CT molecular complexity index is 1110. The van der Waals surface area contributed by atoms with Gasteiger partial charge in [0.25, 0.3) is 0 Å². The minimum Gasteiger partial charge on any atom is -0.851 e. The summed E-state index contributed by atoms with van der Waals surface area (Å²) >= 11 is 0. The number of phenolic OH excluding ortho intramolecular Hbond substituents is 6. The van der Waals surface area contributed by atoms with E-state index >= 15 is 0 Å². The first-order valence-electron chi connectivity index (χ1n) is 10.5. The van der Waals surface area contributed by atoms with Gasteiger partial charge in [-0.25, -0.2) is 9.59 Å². The molecular formula is C22H26N4O10-2. The molecule has 36 heavy (non-hydrogen) atoms. The summed E-state index contributed by atoms with van der Waals surface area (Å²) in [6.45, 7) is 0. The van der Waals surface area contributed by atoms with E-state index in [0.717, 1.165) is 21.9 Å². The normalized spacial score (nSPS) is 20.8. The van der Waals surface area contributed by atoms with Crippen LogP contribution < -0.4 is 20.8 Å². The molecule has 196 valence electrons. The fraction of sp³-hybridized carbons (Fsp3) is 0.364. The first-order valence-corrected chi connectivity index (χ1v) is 10.5. The molecule has 0 atom stereocenters. The van der Waals surface area contributed by atoms with Crippen LogP contribution in [0, 0.1) is 0 Å². The van der Waals surface area contributed by atoms with Gasteiger partial charge in [-0.05, 0) is 11.8 Å². The summed E-state index contributed by atoms with van der Waals surface area (Å²) in [4.78, 5) is 26.1. The van der Waals surface area contributed by atoms with E-state index in [9.17, 15) is 50.4 Å². The van der Waals surface area contributed by atoms with Crippen molar-refractivity contribution in [2.45, 2.75) is 24.0 Å². The Hall–Kier alpha value is -4.30. The van der Waals surface area contributed by atoms with Crippen molar-refractivity contribution < 1.29 is 50.4 Å². The maximum absolute atomic E-state index is 13.2. The lowest BCUT2D eigenvalue weighted by Gasteiger charge is -2.61. The molecule has 8 N–H and O–H groups in total. The summed E-state index contributed by atoms with van der Waals surface area (Å²) < 4.78 is 0. The molecule has 0 saturated heterocycles. The molecule has 0 bridgehead atoms. The number of rotatable bonds is 4. The van der Waals surface area contributed by atoms with E-state index in [0.29, 0.717) is 0 Å². The van der Waals surface area contributed by atoms with E-state index in [1.54, 1.807) is 0 Å². The van der Waals surface area contributed by atoms with Crippen molar-refractivity contribution in [1.82, 2.24) is 9.80 Å². The van der Waals surface area contributed by atoms with E-state index in [-0.39, 0.29) is 0 Å². The van der Waals surface area contributed by atoms with Crippen molar-refractivity contribution in [3.63, 3.8) is 0 Å². The van der Waals surface area contributed by atoms with E-state index in [1.165, 1.54) is 28.2 Å². The molecule has 14 heteroatoms. The number of carbonyl (C=O) groups is 2. The second-order valence-corrected chi connectivity index (χ2v) is 8.73. The molecule has 2 aromatic rings. The highest BCUT2D eigenvalue weighted by Gasteiger charge is 2.44. The molecular weight excluding hydrogens is 480 g/mol. The van der Waals surface area contributed by atoms with Crippen LogP contribution >= 0.6 is 0 Å². The monoisotopic (exact) mass is 506 g/mol. The number of phenols is 6. The second-order valence-electron chi connectivity index (χ2n) is 8.73. The number of hydrogen-bond acceptors (Lipinski definition) is 10. The molecule has 1 fully saturated rings. The quantitative estimate of drug-likeness (QED) is 0.195. The van der Waals surface area contributed by atoms with Crippen molar-refractivity contribution >= 4 is 23.4 Å². The average molecular weight is 506 g/mol. The molecule has 4 amide bonds. The Labute approximate surface area is 204 Å². The van der Waals surface area contributed by atoms with Gasteiger partial charge in [0.2, 0.25) is 0 Å². The maximum atomic E-state index is 13.2. The van der Waals surface area contributed by atoms with Crippen molar-refractivity contribution in [3.05, 3.63) is 23.3 Å². The maximum Gasteiger partial charge on any atom is 0.321 e. The van der Waals surface area contributed by atoms with Crippen LogP contribution in [0.1, 0.15) is 23.0 Å². The molecule has 0 aliphatic heterocycles. The highest BCUT2D eigenvalue weighted by atomic mass is 16.3.